The number of fused-ring (bicyclic) bond motifs is 1. The number of sulfonamides is 1. The van der Waals surface area contributed by atoms with Gasteiger partial charge in [0.05, 0.1) is 12.6 Å². The number of halogens is 2. The highest BCUT2D eigenvalue weighted by molar-refractivity contribution is 7.93. The van der Waals surface area contributed by atoms with Gasteiger partial charge in [0.2, 0.25) is 11.8 Å². The number of methoxy groups -OCH3 is 1. The SMILES string of the molecule is COc1ncc(-c2ccc3ncnc(N4CCN(C(=O)/C=C/S(C)(=O)=O)CC4)c3c2)cc1NS(=O)(=O)c1ccc(F)cc1F. The Labute approximate surface area is 252 Å². The molecule has 1 N–H and O–H groups in total. The minimum atomic E-state index is -4.47. The molecule has 1 aliphatic heterocycles. The lowest BCUT2D eigenvalue weighted by molar-refractivity contribution is -0.126. The molecule has 44 heavy (non-hydrogen) atoms. The van der Waals surface area contributed by atoms with Gasteiger partial charge in [0.1, 0.15) is 34.4 Å². The highest BCUT2D eigenvalue weighted by atomic mass is 32.2. The Bertz CT molecular complexity index is 2000. The van der Waals surface area contributed by atoms with Crippen LogP contribution < -0.4 is 14.4 Å². The van der Waals surface area contributed by atoms with E-state index in [9.17, 15) is 30.4 Å². The maximum atomic E-state index is 14.3. The van der Waals surface area contributed by atoms with E-state index in [2.05, 4.69) is 19.7 Å². The van der Waals surface area contributed by atoms with E-state index in [4.69, 9.17) is 4.74 Å². The van der Waals surface area contributed by atoms with Crippen molar-refractivity contribution in [2.45, 2.75) is 4.90 Å². The van der Waals surface area contributed by atoms with Crippen LogP contribution in [0.15, 0.2) is 71.4 Å². The summed E-state index contributed by atoms with van der Waals surface area (Å²) in [5.74, 6) is -2.02. The predicted molar refractivity (Wildman–Crippen MR) is 159 cm³/mol. The van der Waals surface area contributed by atoms with Crippen molar-refractivity contribution >= 4 is 48.2 Å². The standard InChI is InChI=1S/C28H26F2N6O6S2/c1-42-28-24(34-44(40,41)25-6-4-20(29)15-22(25)30)14-19(16-31-28)18-3-5-23-21(13-18)27(33-17-32-23)36-10-8-35(9-11-36)26(37)7-12-43(2,38)39/h3-7,12-17,34H,8-11H2,1-2H3/b12-7+. The number of nitrogens with zero attached hydrogens (tertiary/aromatic N) is 5. The maximum Gasteiger partial charge on any atom is 0.264 e. The van der Waals surface area contributed by atoms with Crippen molar-refractivity contribution in [3.8, 4) is 17.0 Å². The van der Waals surface area contributed by atoms with E-state index in [-0.39, 0.29) is 11.6 Å². The number of benzene rings is 2. The molecule has 1 aliphatic rings. The second-order valence-electron chi connectivity index (χ2n) is 9.83. The van der Waals surface area contributed by atoms with Crippen LogP contribution in [-0.4, -0.2) is 82.1 Å². The van der Waals surface area contributed by atoms with Gasteiger partial charge >= 0.3 is 0 Å². The predicted octanol–water partition coefficient (Wildman–Crippen LogP) is 2.99. The molecule has 2 aromatic heterocycles. The molecule has 2 aromatic carbocycles. The monoisotopic (exact) mass is 644 g/mol. The number of carbonyl (C=O) groups is 1. The number of sulfone groups is 1. The van der Waals surface area contributed by atoms with E-state index in [0.717, 1.165) is 29.9 Å². The van der Waals surface area contributed by atoms with Crippen LogP contribution in [0.1, 0.15) is 0 Å². The third-order valence-electron chi connectivity index (χ3n) is 6.77. The van der Waals surface area contributed by atoms with E-state index in [1.165, 1.54) is 25.7 Å². The number of nitrogens with one attached hydrogen (secondary N) is 1. The fraction of sp³-hybridized carbons (Fsp3) is 0.214. The number of hydrogen-bond acceptors (Lipinski definition) is 10. The first-order valence-corrected chi connectivity index (χ1v) is 16.5. The minimum Gasteiger partial charge on any atom is -0.480 e. The molecule has 5 rings (SSSR count). The molecular formula is C28H26F2N6O6S2. The molecule has 0 radical (unpaired) electrons. The molecule has 16 heteroatoms. The Balaban J connectivity index is 1.43. The molecule has 0 aliphatic carbocycles. The first-order valence-electron chi connectivity index (χ1n) is 13.0. The summed E-state index contributed by atoms with van der Waals surface area (Å²) in [5, 5.41) is 1.57. The lowest BCUT2D eigenvalue weighted by Crippen LogP contribution is -2.48. The minimum absolute atomic E-state index is 0.0657. The largest absolute Gasteiger partial charge is 0.480 e. The number of rotatable bonds is 8. The van der Waals surface area contributed by atoms with E-state index < -0.39 is 42.3 Å². The Kier molecular flexibility index (Phi) is 8.47. The molecule has 230 valence electrons. The number of hydrogen-bond donors (Lipinski definition) is 1. The zero-order valence-corrected chi connectivity index (χ0v) is 25.1. The van der Waals surface area contributed by atoms with Gasteiger partial charge in [-0.1, -0.05) is 6.07 Å². The summed E-state index contributed by atoms with van der Waals surface area (Å²) in [6, 6.07) is 8.97. The van der Waals surface area contributed by atoms with Crippen molar-refractivity contribution < 1.29 is 35.1 Å². The lowest BCUT2D eigenvalue weighted by Gasteiger charge is -2.35. The van der Waals surface area contributed by atoms with Crippen LogP contribution >= 0.6 is 0 Å². The van der Waals surface area contributed by atoms with Gasteiger partial charge in [-0.2, -0.15) is 0 Å². The zero-order chi connectivity index (χ0) is 31.6. The number of pyridine rings is 1. The average Bonchev–Trinajstić information content (AvgIpc) is 2.98. The van der Waals surface area contributed by atoms with Gasteiger partial charge in [-0.05, 0) is 35.9 Å². The van der Waals surface area contributed by atoms with Crippen molar-refractivity contribution in [1.82, 2.24) is 19.9 Å². The van der Waals surface area contributed by atoms with E-state index >= 15 is 0 Å². The molecule has 3 heterocycles. The quantitative estimate of drug-likeness (QED) is 0.284. The summed E-state index contributed by atoms with van der Waals surface area (Å²) >= 11 is 0. The third kappa shape index (κ3) is 6.75. The van der Waals surface area contributed by atoms with Gasteiger partial charge in [0, 0.05) is 67.1 Å². The molecule has 0 bridgehead atoms. The Morgan fingerprint density at radius 3 is 2.39 bits per heavy atom. The van der Waals surface area contributed by atoms with Gasteiger partial charge in [0.25, 0.3) is 10.0 Å². The number of anilines is 2. The van der Waals surface area contributed by atoms with Crippen molar-refractivity contribution in [2.75, 3.05) is 49.2 Å². The van der Waals surface area contributed by atoms with Crippen LogP contribution in [0.3, 0.4) is 0 Å². The van der Waals surface area contributed by atoms with Crippen LogP contribution in [0.2, 0.25) is 0 Å². The van der Waals surface area contributed by atoms with Crippen LogP contribution in [0.4, 0.5) is 20.3 Å². The Hall–Kier alpha value is -4.70. The van der Waals surface area contributed by atoms with Gasteiger partial charge in [0.15, 0.2) is 9.84 Å². The van der Waals surface area contributed by atoms with Gasteiger partial charge < -0.3 is 14.5 Å². The zero-order valence-electron chi connectivity index (χ0n) is 23.4. The fourth-order valence-corrected chi connectivity index (χ4v) is 6.11. The van der Waals surface area contributed by atoms with Crippen molar-refractivity contribution in [2.24, 2.45) is 0 Å². The van der Waals surface area contributed by atoms with Gasteiger partial charge in [-0.3, -0.25) is 9.52 Å². The molecule has 4 aromatic rings. The number of piperazine rings is 1. The van der Waals surface area contributed by atoms with Gasteiger partial charge in [-0.25, -0.2) is 40.6 Å². The summed E-state index contributed by atoms with van der Waals surface area (Å²) in [6.07, 6.45) is 4.97. The number of ether oxygens (including phenoxy) is 1. The normalized spacial score (nSPS) is 14.3. The second-order valence-corrected chi connectivity index (χ2v) is 13.4. The first-order chi connectivity index (χ1) is 20.8. The number of aromatic nitrogens is 3. The smallest absolute Gasteiger partial charge is 0.264 e. The third-order valence-corrected chi connectivity index (χ3v) is 8.80. The molecule has 0 saturated carbocycles. The van der Waals surface area contributed by atoms with E-state index in [0.29, 0.717) is 60.1 Å². The van der Waals surface area contributed by atoms with Crippen LogP contribution in [0.5, 0.6) is 5.88 Å². The second kappa shape index (κ2) is 12.1. The first kappa shape index (κ1) is 30.7. The summed E-state index contributed by atoms with van der Waals surface area (Å²) in [6.45, 7) is 1.56. The van der Waals surface area contributed by atoms with Crippen molar-refractivity contribution in [3.63, 3.8) is 0 Å². The molecular weight excluding hydrogens is 618 g/mol. The van der Waals surface area contributed by atoms with Crippen molar-refractivity contribution in [3.05, 3.63) is 78.1 Å². The number of amides is 1. The maximum absolute atomic E-state index is 14.3. The lowest BCUT2D eigenvalue weighted by atomic mass is 10.0. The molecule has 1 saturated heterocycles. The highest BCUT2D eigenvalue weighted by Crippen LogP contribution is 2.33. The fourth-order valence-electron chi connectivity index (χ4n) is 4.64. The van der Waals surface area contributed by atoms with Crippen LogP contribution in [0, 0.1) is 11.6 Å². The van der Waals surface area contributed by atoms with Crippen LogP contribution in [-0.2, 0) is 24.7 Å². The molecule has 12 nitrogen and oxygen atoms in total. The molecule has 1 fully saturated rings. The molecule has 0 unspecified atom stereocenters. The van der Waals surface area contributed by atoms with E-state index in [1.807, 2.05) is 11.0 Å². The topological polar surface area (TPSA) is 152 Å². The summed E-state index contributed by atoms with van der Waals surface area (Å²) in [7, 11) is -6.59. The summed E-state index contributed by atoms with van der Waals surface area (Å²) in [4.78, 5) is 28.2. The Morgan fingerprint density at radius 1 is 0.955 bits per heavy atom. The molecule has 0 spiro atoms. The van der Waals surface area contributed by atoms with Gasteiger partial charge in [-0.15, -0.1) is 0 Å². The summed E-state index contributed by atoms with van der Waals surface area (Å²) in [5.41, 5.74) is 1.70. The summed E-state index contributed by atoms with van der Waals surface area (Å²) < 4.78 is 83.8. The van der Waals surface area contributed by atoms with E-state index in [1.54, 1.807) is 17.0 Å². The Morgan fingerprint density at radius 2 is 1.70 bits per heavy atom. The van der Waals surface area contributed by atoms with Crippen molar-refractivity contribution in [1.29, 1.82) is 0 Å². The highest BCUT2D eigenvalue weighted by Gasteiger charge is 2.24. The average molecular weight is 645 g/mol. The number of carbonyl (C=O) groups excluding carboxylic acids is 1. The van der Waals surface area contributed by atoms with Crippen LogP contribution in [0.25, 0.3) is 22.0 Å². The molecule has 0 atom stereocenters. The molecule has 1 amide bonds.